The van der Waals surface area contributed by atoms with E-state index in [0.717, 1.165) is 40.1 Å². The van der Waals surface area contributed by atoms with Crippen molar-refractivity contribution in [2.24, 2.45) is 5.92 Å². The van der Waals surface area contributed by atoms with Gasteiger partial charge in [-0.05, 0) is 69.1 Å². The number of fused-ring (bicyclic) bond motifs is 1. The Labute approximate surface area is 160 Å². The normalized spacial score (nSPS) is 16.1. The number of H-pyrrole nitrogens is 1. The van der Waals surface area contributed by atoms with Crippen molar-refractivity contribution in [3.63, 3.8) is 0 Å². The molecule has 4 nitrogen and oxygen atoms in total. The SMILES string of the molecule is CCC(=O)c1ccc2[nH]nc(-c3ccc(CC4CCN(C)CC4)cc3)c2c1. The molecule has 1 N–H and O–H groups in total. The molecule has 0 saturated carbocycles. The molecule has 0 aliphatic carbocycles. The number of Topliss-reactive ketones (excluding diaryl/α,β-unsaturated/α-hetero) is 1. The van der Waals surface area contributed by atoms with Crippen LogP contribution in [0.4, 0.5) is 0 Å². The topological polar surface area (TPSA) is 49.0 Å². The molecule has 140 valence electrons. The summed E-state index contributed by atoms with van der Waals surface area (Å²) in [5.74, 6) is 0.957. The van der Waals surface area contributed by atoms with Gasteiger partial charge in [-0.2, -0.15) is 5.10 Å². The van der Waals surface area contributed by atoms with Crippen molar-refractivity contribution in [3.05, 3.63) is 53.6 Å². The lowest BCUT2D eigenvalue weighted by Gasteiger charge is -2.28. The number of nitrogens with zero attached hydrogens (tertiary/aromatic N) is 2. The number of aromatic nitrogens is 2. The van der Waals surface area contributed by atoms with Crippen LogP contribution in [0.5, 0.6) is 0 Å². The van der Waals surface area contributed by atoms with Crippen molar-refractivity contribution in [2.45, 2.75) is 32.6 Å². The van der Waals surface area contributed by atoms with Gasteiger partial charge in [-0.1, -0.05) is 31.2 Å². The number of hydrogen-bond acceptors (Lipinski definition) is 3. The summed E-state index contributed by atoms with van der Waals surface area (Å²) < 4.78 is 0. The van der Waals surface area contributed by atoms with E-state index in [2.05, 4.69) is 46.4 Å². The Morgan fingerprint density at radius 1 is 1.15 bits per heavy atom. The molecule has 0 unspecified atom stereocenters. The molecule has 1 aliphatic heterocycles. The van der Waals surface area contributed by atoms with E-state index in [4.69, 9.17) is 0 Å². The molecule has 0 bridgehead atoms. The standard InChI is InChI=1S/C23H27N3O/c1-3-22(27)19-8-9-21-20(15-19)23(25-24-21)18-6-4-16(5-7-18)14-17-10-12-26(2)13-11-17/h4-9,15,17H,3,10-14H2,1-2H3,(H,24,25). The number of piperidine rings is 1. The molecule has 27 heavy (non-hydrogen) atoms. The maximum atomic E-state index is 12.0. The van der Waals surface area contributed by atoms with Gasteiger partial charge in [0, 0.05) is 22.9 Å². The van der Waals surface area contributed by atoms with Crippen molar-refractivity contribution in [1.29, 1.82) is 0 Å². The Morgan fingerprint density at radius 2 is 1.89 bits per heavy atom. The highest BCUT2D eigenvalue weighted by Crippen LogP contribution is 2.28. The predicted octanol–water partition coefficient (Wildman–Crippen LogP) is 4.71. The van der Waals surface area contributed by atoms with Crippen LogP contribution in [-0.4, -0.2) is 41.0 Å². The third-order valence-electron chi connectivity index (χ3n) is 5.80. The van der Waals surface area contributed by atoms with Gasteiger partial charge in [-0.15, -0.1) is 0 Å². The first-order valence-corrected chi connectivity index (χ1v) is 9.93. The molecule has 1 saturated heterocycles. The zero-order chi connectivity index (χ0) is 18.8. The van der Waals surface area contributed by atoms with Crippen LogP contribution in [0.1, 0.15) is 42.1 Å². The average Bonchev–Trinajstić information content (AvgIpc) is 3.13. The second-order valence-electron chi connectivity index (χ2n) is 7.76. The fourth-order valence-corrected chi connectivity index (χ4v) is 4.01. The van der Waals surface area contributed by atoms with Crippen LogP contribution in [0.15, 0.2) is 42.5 Å². The van der Waals surface area contributed by atoms with Gasteiger partial charge in [-0.25, -0.2) is 0 Å². The van der Waals surface area contributed by atoms with Crippen molar-refractivity contribution in [3.8, 4) is 11.3 Å². The predicted molar refractivity (Wildman–Crippen MR) is 110 cm³/mol. The van der Waals surface area contributed by atoms with Gasteiger partial charge in [0.1, 0.15) is 0 Å². The van der Waals surface area contributed by atoms with Crippen LogP contribution in [0.25, 0.3) is 22.2 Å². The van der Waals surface area contributed by atoms with E-state index in [1.165, 1.54) is 31.5 Å². The number of nitrogens with one attached hydrogen (secondary N) is 1. The summed E-state index contributed by atoms with van der Waals surface area (Å²) >= 11 is 0. The number of likely N-dealkylation sites (tertiary alicyclic amines) is 1. The summed E-state index contributed by atoms with van der Waals surface area (Å²) in [6.45, 7) is 4.31. The van der Waals surface area contributed by atoms with Gasteiger partial charge >= 0.3 is 0 Å². The molecule has 4 heteroatoms. The van der Waals surface area contributed by atoms with E-state index < -0.39 is 0 Å². The minimum Gasteiger partial charge on any atom is -0.306 e. The molecule has 1 aliphatic rings. The maximum absolute atomic E-state index is 12.0. The number of hydrogen-bond donors (Lipinski definition) is 1. The van der Waals surface area contributed by atoms with E-state index in [-0.39, 0.29) is 5.78 Å². The van der Waals surface area contributed by atoms with Crippen LogP contribution in [0, 0.1) is 5.92 Å². The Hall–Kier alpha value is -2.46. The first-order valence-electron chi connectivity index (χ1n) is 9.93. The summed E-state index contributed by atoms with van der Waals surface area (Å²) in [6.07, 6.45) is 4.25. The molecule has 0 atom stereocenters. The molecule has 0 amide bonds. The summed E-state index contributed by atoms with van der Waals surface area (Å²) in [7, 11) is 2.21. The zero-order valence-corrected chi connectivity index (χ0v) is 16.2. The molecular formula is C23H27N3O. The lowest BCUT2D eigenvalue weighted by molar-refractivity contribution is 0.0988. The number of carbonyl (C=O) groups excluding carboxylic acids is 1. The Balaban J connectivity index is 1.55. The molecule has 2 heterocycles. The fraction of sp³-hybridized carbons (Fsp3) is 0.391. The molecule has 1 aromatic heterocycles. The summed E-state index contributed by atoms with van der Waals surface area (Å²) in [5, 5.41) is 8.60. The smallest absolute Gasteiger partial charge is 0.162 e. The Kier molecular flexibility index (Phi) is 5.08. The number of ketones is 1. The number of rotatable bonds is 5. The fourth-order valence-electron chi connectivity index (χ4n) is 4.01. The van der Waals surface area contributed by atoms with Crippen LogP contribution in [0.2, 0.25) is 0 Å². The maximum Gasteiger partial charge on any atom is 0.162 e. The van der Waals surface area contributed by atoms with Gasteiger partial charge in [0.25, 0.3) is 0 Å². The molecular weight excluding hydrogens is 334 g/mol. The monoisotopic (exact) mass is 361 g/mol. The van der Waals surface area contributed by atoms with Crippen LogP contribution in [-0.2, 0) is 6.42 Å². The lowest BCUT2D eigenvalue weighted by Crippen LogP contribution is -2.30. The number of benzene rings is 2. The second kappa shape index (κ2) is 7.65. The minimum atomic E-state index is 0.164. The summed E-state index contributed by atoms with van der Waals surface area (Å²) in [5.41, 5.74) is 5.13. The van der Waals surface area contributed by atoms with E-state index in [0.29, 0.717) is 6.42 Å². The van der Waals surface area contributed by atoms with E-state index in [1.807, 2.05) is 25.1 Å². The first-order chi connectivity index (χ1) is 13.1. The van der Waals surface area contributed by atoms with Crippen molar-refractivity contribution < 1.29 is 4.79 Å². The Morgan fingerprint density at radius 3 is 2.59 bits per heavy atom. The van der Waals surface area contributed by atoms with Crippen LogP contribution >= 0.6 is 0 Å². The molecule has 1 fully saturated rings. The van der Waals surface area contributed by atoms with E-state index in [9.17, 15) is 4.79 Å². The van der Waals surface area contributed by atoms with Gasteiger partial charge in [0.2, 0.25) is 0 Å². The highest BCUT2D eigenvalue weighted by molar-refractivity contribution is 6.02. The summed E-state index contributed by atoms with van der Waals surface area (Å²) in [6, 6.07) is 14.6. The van der Waals surface area contributed by atoms with Crippen molar-refractivity contribution in [1.82, 2.24) is 15.1 Å². The van der Waals surface area contributed by atoms with Gasteiger partial charge in [-0.3, -0.25) is 9.89 Å². The molecule has 0 radical (unpaired) electrons. The first kappa shape index (κ1) is 17.9. The van der Waals surface area contributed by atoms with Crippen molar-refractivity contribution in [2.75, 3.05) is 20.1 Å². The molecule has 2 aromatic carbocycles. The van der Waals surface area contributed by atoms with E-state index in [1.54, 1.807) is 0 Å². The van der Waals surface area contributed by atoms with Gasteiger partial charge in [0.15, 0.2) is 5.78 Å². The molecule has 0 spiro atoms. The minimum absolute atomic E-state index is 0.164. The second-order valence-corrected chi connectivity index (χ2v) is 7.76. The highest BCUT2D eigenvalue weighted by Gasteiger charge is 2.17. The third-order valence-corrected chi connectivity index (χ3v) is 5.80. The van der Waals surface area contributed by atoms with Crippen LogP contribution in [0.3, 0.4) is 0 Å². The lowest BCUT2D eigenvalue weighted by atomic mass is 9.90. The Bertz CT molecular complexity index is 934. The third kappa shape index (κ3) is 3.81. The van der Waals surface area contributed by atoms with Gasteiger partial charge in [0.05, 0.1) is 11.2 Å². The quantitative estimate of drug-likeness (QED) is 0.670. The van der Waals surface area contributed by atoms with Crippen LogP contribution < -0.4 is 0 Å². The molecule has 4 rings (SSSR count). The van der Waals surface area contributed by atoms with Gasteiger partial charge < -0.3 is 4.90 Å². The largest absolute Gasteiger partial charge is 0.306 e. The average molecular weight is 361 g/mol. The summed E-state index contributed by atoms with van der Waals surface area (Å²) in [4.78, 5) is 14.5. The van der Waals surface area contributed by atoms with E-state index >= 15 is 0 Å². The van der Waals surface area contributed by atoms with Crippen molar-refractivity contribution >= 4 is 16.7 Å². The molecule has 3 aromatic rings. The highest BCUT2D eigenvalue weighted by atomic mass is 16.1. The zero-order valence-electron chi connectivity index (χ0n) is 16.2. The number of carbonyl (C=O) groups is 1. The number of aromatic amines is 1.